The summed E-state index contributed by atoms with van der Waals surface area (Å²) in [4.78, 5) is 7.05. The number of likely N-dealkylation sites (tertiary alicyclic amines) is 1. The Hall–Kier alpha value is -2.47. The Balaban J connectivity index is 1.48. The van der Waals surface area contributed by atoms with Crippen molar-refractivity contribution in [1.29, 1.82) is 0 Å². The molecule has 3 heterocycles. The van der Waals surface area contributed by atoms with Gasteiger partial charge < -0.3 is 0 Å². The standard InChI is InChI=1S/C20H26N6/c1-14-10-15(2)26(24-14)19-8-4-6-17(11-19)12-25-9-5-7-18(13-25)20-21-16(3)22-23-20/h4,6,8,10-11,18H,5,7,9,12-13H2,1-3H3,(H,21,22,23)/t18-/m1/s1. The summed E-state index contributed by atoms with van der Waals surface area (Å²) in [5.41, 5.74) is 4.67. The molecule has 26 heavy (non-hydrogen) atoms. The van der Waals surface area contributed by atoms with E-state index in [2.05, 4.69) is 62.4 Å². The average Bonchev–Trinajstić information content (AvgIpc) is 3.20. The van der Waals surface area contributed by atoms with Crippen molar-refractivity contribution in [3.05, 3.63) is 58.9 Å². The molecule has 136 valence electrons. The van der Waals surface area contributed by atoms with Gasteiger partial charge in [0.2, 0.25) is 0 Å². The molecule has 1 N–H and O–H groups in total. The molecule has 4 rings (SSSR count). The van der Waals surface area contributed by atoms with Crippen LogP contribution in [-0.4, -0.2) is 43.0 Å². The molecule has 1 fully saturated rings. The highest BCUT2D eigenvalue weighted by Gasteiger charge is 2.24. The molecule has 3 aromatic rings. The van der Waals surface area contributed by atoms with E-state index in [-0.39, 0.29) is 0 Å². The average molecular weight is 350 g/mol. The second-order valence-corrected chi connectivity index (χ2v) is 7.36. The van der Waals surface area contributed by atoms with Crippen LogP contribution in [0.4, 0.5) is 0 Å². The molecule has 1 aromatic carbocycles. The number of H-pyrrole nitrogens is 1. The van der Waals surface area contributed by atoms with Gasteiger partial charge in [-0.05, 0) is 63.9 Å². The van der Waals surface area contributed by atoms with Crippen molar-refractivity contribution in [2.45, 2.75) is 46.1 Å². The van der Waals surface area contributed by atoms with Gasteiger partial charge in [-0.3, -0.25) is 10.00 Å². The molecule has 0 radical (unpaired) electrons. The van der Waals surface area contributed by atoms with Gasteiger partial charge >= 0.3 is 0 Å². The Morgan fingerprint density at radius 2 is 2.08 bits per heavy atom. The minimum atomic E-state index is 0.424. The first kappa shape index (κ1) is 17.0. The molecule has 6 heteroatoms. The van der Waals surface area contributed by atoms with Crippen LogP contribution in [0.1, 0.15) is 47.4 Å². The van der Waals surface area contributed by atoms with Crippen molar-refractivity contribution < 1.29 is 0 Å². The number of hydrogen-bond acceptors (Lipinski definition) is 4. The van der Waals surface area contributed by atoms with E-state index in [1.165, 1.54) is 18.4 Å². The van der Waals surface area contributed by atoms with Crippen LogP contribution in [0.5, 0.6) is 0 Å². The number of benzene rings is 1. The highest BCUT2D eigenvalue weighted by molar-refractivity contribution is 5.37. The van der Waals surface area contributed by atoms with Gasteiger partial charge in [0.05, 0.1) is 11.4 Å². The van der Waals surface area contributed by atoms with E-state index in [1.54, 1.807) is 0 Å². The lowest BCUT2D eigenvalue weighted by atomic mass is 9.97. The number of nitrogens with one attached hydrogen (secondary N) is 1. The molecule has 0 saturated carbocycles. The topological polar surface area (TPSA) is 62.6 Å². The fraction of sp³-hybridized carbons (Fsp3) is 0.450. The zero-order valence-electron chi connectivity index (χ0n) is 15.7. The van der Waals surface area contributed by atoms with Crippen LogP contribution in [0.25, 0.3) is 5.69 Å². The monoisotopic (exact) mass is 350 g/mol. The number of piperidine rings is 1. The van der Waals surface area contributed by atoms with Gasteiger partial charge in [0.1, 0.15) is 5.82 Å². The van der Waals surface area contributed by atoms with Crippen LogP contribution >= 0.6 is 0 Å². The number of aryl methyl sites for hydroxylation is 3. The number of rotatable bonds is 4. The number of nitrogens with zero attached hydrogens (tertiary/aromatic N) is 5. The van der Waals surface area contributed by atoms with Gasteiger partial charge in [0.25, 0.3) is 0 Å². The largest absolute Gasteiger partial charge is 0.298 e. The van der Waals surface area contributed by atoms with E-state index >= 15 is 0 Å². The van der Waals surface area contributed by atoms with Crippen LogP contribution in [0.3, 0.4) is 0 Å². The van der Waals surface area contributed by atoms with Crippen molar-refractivity contribution in [3.63, 3.8) is 0 Å². The number of aromatic nitrogens is 5. The predicted octanol–water partition coefficient (Wildman–Crippen LogP) is 3.30. The van der Waals surface area contributed by atoms with Crippen LogP contribution in [0.15, 0.2) is 30.3 Å². The van der Waals surface area contributed by atoms with Crippen molar-refractivity contribution in [2.24, 2.45) is 0 Å². The Kier molecular flexibility index (Phi) is 4.59. The molecule has 1 atom stereocenters. The third-order valence-corrected chi connectivity index (χ3v) is 5.06. The minimum Gasteiger partial charge on any atom is -0.298 e. The van der Waals surface area contributed by atoms with Crippen LogP contribution in [-0.2, 0) is 6.54 Å². The van der Waals surface area contributed by atoms with E-state index in [0.29, 0.717) is 5.92 Å². The highest BCUT2D eigenvalue weighted by atomic mass is 15.3. The molecular weight excluding hydrogens is 324 g/mol. The molecule has 0 unspecified atom stereocenters. The predicted molar refractivity (Wildman–Crippen MR) is 101 cm³/mol. The van der Waals surface area contributed by atoms with Gasteiger partial charge in [0.15, 0.2) is 5.82 Å². The quantitative estimate of drug-likeness (QED) is 0.784. The van der Waals surface area contributed by atoms with Gasteiger partial charge in [0, 0.05) is 24.7 Å². The summed E-state index contributed by atoms with van der Waals surface area (Å²) < 4.78 is 2.02. The molecule has 1 aliphatic heterocycles. The van der Waals surface area contributed by atoms with E-state index in [1.807, 2.05) is 18.5 Å². The fourth-order valence-electron chi connectivity index (χ4n) is 3.89. The summed E-state index contributed by atoms with van der Waals surface area (Å²) >= 11 is 0. The Morgan fingerprint density at radius 1 is 1.19 bits per heavy atom. The summed E-state index contributed by atoms with van der Waals surface area (Å²) in [5.74, 6) is 2.28. The van der Waals surface area contributed by atoms with Gasteiger partial charge in [-0.1, -0.05) is 12.1 Å². The third-order valence-electron chi connectivity index (χ3n) is 5.06. The maximum atomic E-state index is 4.61. The first-order valence-corrected chi connectivity index (χ1v) is 9.32. The Labute approximate surface area is 154 Å². The first-order chi connectivity index (χ1) is 12.6. The normalized spacial score (nSPS) is 18.3. The highest BCUT2D eigenvalue weighted by Crippen LogP contribution is 2.26. The van der Waals surface area contributed by atoms with Crippen LogP contribution in [0, 0.1) is 20.8 Å². The second-order valence-electron chi connectivity index (χ2n) is 7.36. The summed E-state index contributed by atoms with van der Waals surface area (Å²) in [6, 6.07) is 10.8. The molecule has 2 aromatic heterocycles. The lowest BCUT2D eigenvalue weighted by Gasteiger charge is -2.31. The molecule has 1 saturated heterocycles. The van der Waals surface area contributed by atoms with Crippen LogP contribution in [0.2, 0.25) is 0 Å². The SMILES string of the molecule is Cc1cc(C)n(-c2cccc(CN3CCC[C@@H](c4n[nH]c(C)n4)C3)c2)n1. The van der Waals surface area contributed by atoms with Gasteiger partial charge in [-0.2, -0.15) is 10.2 Å². The van der Waals surface area contributed by atoms with Crippen LogP contribution < -0.4 is 0 Å². The molecule has 0 bridgehead atoms. The molecular formula is C20H26N6. The molecule has 6 nitrogen and oxygen atoms in total. The fourth-order valence-corrected chi connectivity index (χ4v) is 3.89. The van der Waals surface area contributed by atoms with Crippen molar-refractivity contribution >= 4 is 0 Å². The zero-order chi connectivity index (χ0) is 18.1. The van der Waals surface area contributed by atoms with E-state index in [4.69, 9.17) is 0 Å². The molecule has 0 spiro atoms. The zero-order valence-corrected chi connectivity index (χ0v) is 15.7. The molecule has 0 amide bonds. The van der Waals surface area contributed by atoms with E-state index in [0.717, 1.165) is 48.4 Å². The smallest absolute Gasteiger partial charge is 0.155 e. The third kappa shape index (κ3) is 3.55. The van der Waals surface area contributed by atoms with Crippen molar-refractivity contribution in [1.82, 2.24) is 29.9 Å². The molecule has 0 aliphatic carbocycles. The maximum absolute atomic E-state index is 4.61. The van der Waals surface area contributed by atoms with Gasteiger partial charge in [-0.25, -0.2) is 9.67 Å². The Morgan fingerprint density at radius 3 is 2.81 bits per heavy atom. The lowest BCUT2D eigenvalue weighted by molar-refractivity contribution is 0.196. The number of aromatic amines is 1. The summed E-state index contributed by atoms with van der Waals surface area (Å²) in [5, 5.41) is 12.0. The van der Waals surface area contributed by atoms with Crippen molar-refractivity contribution in [2.75, 3.05) is 13.1 Å². The van der Waals surface area contributed by atoms with Gasteiger partial charge in [-0.15, -0.1) is 0 Å². The Bertz CT molecular complexity index is 893. The van der Waals surface area contributed by atoms with Crippen molar-refractivity contribution in [3.8, 4) is 5.69 Å². The van der Waals surface area contributed by atoms with E-state index < -0.39 is 0 Å². The number of hydrogen-bond donors (Lipinski definition) is 1. The summed E-state index contributed by atoms with van der Waals surface area (Å²) in [6.07, 6.45) is 2.36. The second kappa shape index (κ2) is 7.03. The lowest BCUT2D eigenvalue weighted by Crippen LogP contribution is -2.34. The minimum absolute atomic E-state index is 0.424. The summed E-state index contributed by atoms with van der Waals surface area (Å²) in [7, 11) is 0. The summed E-state index contributed by atoms with van der Waals surface area (Å²) in [6.45, 7) is 9.19. The first-order valence-electron chi connectivity index (χ1n) is 9.32. The molecule has 1 aliphatic rings. The van der Waals surface area contributed by atoms with E-state index in [9.17, 15) is 0 Å². The maximum Gasteiger partial charge on any atom is 0.155 e.